The van der Waals surface area contributed by atoms with E-state index in [2.05, 4.69) is 9.88 Å². The lowest BCUT2D eigenvalue weighted by Gasteiger charge is -2.12. The van der Waals surface area contributed by atoms with E-state index in [-0.39, 0.29) is 0 Å². The van der Waals surface area contributed by atoms with Crippen LogP contribution in [0.2, 0.25) is 0 Å². The van der Waals surface area contributed by atoms with E-state index in [9.17, 15) is 0 Å². The van der Waals surface area contributed by atoms with Crippen molar-refractivity contribution in [1.82, 2.24) is 4.98 Å². The smallest absolute Gasteiger partial charge is 0.297 e. The Bertz CT molecular complexity index is 234. The number of anilines is 1. The zero-order valence-electron chi connectivity index (χ0n) is 6.94. The molecule has 0 amide bonds. The predicted octanol–water partition coefficient (Wildman–Crippen LogP) is 0.460. The lowest BCUT2D eigenvalue weighted by molar-refractivity contribution is 0.540. The summed E-state index contributed by atoms with van der Waals surface area (Å²) in [7, 11) is 0. The molecule has 1 aromatic heterocycles. The monoisotopic (exact) mass is 167 g/mol. The van der Waals surface area contributed by atoms with Gasteiger partial charge in [-0.2, -0.15) is 0 Å². The van der Waals surface area contributed by atoms with Crippen molar-refractivity contribution in [3.05, 3.63) is 12.5 Å². The molecule has 1 fully saturated rings. The number of nitrogens with zero attached hydrogens (tertiary/aromatic N) is 2. The van der Waals surface area contributed by atoms with E-state index in [1.807, 2.05) is 0 Å². The van der Waals surface area contributed by atoms with Crippen LogP contribution >= 0.6 is 0 Å². The van der Waals surface area contributed by atoms with E-state index < -0.39 is 0 Å². The van der Waals surface area contributed by atoms with Crippen LogP contribution in [0.3, 0.4) is 0 Å². The Labute approximate surface area is 71.4 Å². The largest absolute Gasteiger partial charge is 0.432 e. The van der Waals surface area contributed by atoms with Gasteiger partial charge in [-0.1, -0.05) is 0 Å². The summed E-state index contributed by atoms with van der Waals surface area (Å²) in [5.74, 6) is 0.608. The summed E-state index contributed by atoms with van der Waals surface area (Å²) in [6.45, 7) is 2.76. The molecule has 0 aromatic carbocycles. The molecule has 1 aromatic rings. The summed E-state index contributed by atoms with van der Waals surface area (Å²) in [5.41, 5.74) is 5.57. The molecule has 66 valence electrons. The Hall–Kier alpha value is -1.03. The third-order valence-corrected chi connectivity index (χ3v) is 2.31. The lowest BCUT2D eigenvalue weighted by atomic mass is 10.1. The van der Waals surface area contributed by atoms with Gasteiger partial charge in [0, 0.05) is 13.1 Å². The van der Waals surface area contributed by atoms with E-state index in [1.165, 1.54) is 0 Å². The fourth-order valence-electron chi connectivity index (χ4n) is 1.57. The van der Waals surface area contributed by atoms with E-state index >= 15 is 0 Å². The van der Waals surface area contributed by atoms with Crippen LogP contribution in [-0.2, 0) is 0 Å². The van der Waals surface area contributed by atoms with Crippen LogP contribution in [0, 0.1) is 5.92 Å². The van der Waals surface area contributed by atoms with Crippen molar-refractivity contribution in [2.45, 2.75) is 6.42 Å². The molecule has 2 N–H and O–H groups in total. The van der Waals surface area contributed by atoms with Gasteiger partial charge in [-0.15, -0.1) is 0 Å². The topological polar surface area (TPSA) is 55.3 Å². The molecular formula is C8H13N3O. The summed E-state index contributed by atoms with van der Waals surface area (Å²) in [6.07, 6.45) is 4.43. The van der Waals surface area contributed by atoms with Gasteiger partial charge < -0.3 is 15.1 Å². The average Bonchev–Trinajstić information content (AvgIpc) is 2.75. The molecule has 2 rings (SSSR count). The highest BCUT2D eigenvalue weighted by molar-refractivity contribution is 5.26. The molecule has 0 radical (unpaired) electrons. The molecular weight excluding hydrogens is 154 g/mol. The summed E-state index contributed by atoms with van der Waals surface area (Å²) in [5, 5.41) is 0. The second-order valence-corrected chi connectivity index (χ2v) is 3.15. The number of rotatable bonds is 2. The quantitative estimate of drug-likeness (QED) is 0.695. The molecule has 0 bridgehead atoms. The van der Waals surface area contributed by atoms with E-state index in [1.54, 1.807) is 12.5 Å². The molecule has 2 heterocycles. The molecule has 1 aliphatic heterocycles. The highest BCUT2D eigenvalue weighted by Gasteiger charge is 2.23. The minimum Gasteiger partial charge on any atom is -0.432 e. The number of hydrogen-bond donors (Lipinski definition) is 1. The molecule has 1 saturated heterocycles. The Balaban J connectivity index is 2.00. The van der Waals surface area contributed by atoms with E-state index in [4.69, 9.17) is 10.2 Å². The maximum atomic E-state index is 5.57. The maximum Gasteiger partial charge on any atom is 0.297 e. The van der Waals surface area contributed by atoms with Gasteiger partial charge in [-0.3, -0.25) is 0 Å². The summed E-state index contributed by atoms with van der Waals surface area (Å²) in [6, 6.07) is 0.728. The van der Waals surface area contributed by atoms with Crippen LogP contribution in [0.15, 0.2) is 16.9 Å². The van der Waals surface area contributed by atoms with Gasteiger partial charge in [0.1, 0.15) is 6.26 Å². The molecule has 0 saturated carbocycles. The van der Waals surface area contributed by atoms with Crippen LogP contribution in [0.25, 0.3) is 0 Å². The van der Waals surface area contributed by atoms with Crippen molar-refractivity contribution in [1.29, 1.82) is 0 Å². The van der Waals surface area contributed by atoms with Gasteiger partial charge >= 0.3 is 0 Å². The maximum absolute atomic E-state index is 5.57. The highest BCUT2D eigenvalue weighted by Crippen LogP contribution is 2.20. The number of nitrogens with two attached hydrogens (primary N) is 1. The Morgan fingerprint density at radius 1 is 1.75 bits per heavy atom. The second kappa shape index (κ2) is 3.15. The highest BCUT2D eigenvalue weighted by atomic mass is 16.4. The number of oxazole rings is 1. The van der Waals surface area contributed by atoms with E-state index in [0.29, 0.717) is 5.92 Å². The molecule has 0 spiro atoms. The van der Waals surface area contributed by atoms with Gasteiger partial charge in [-0.05, 0) is 18.9 Å². The minimum atomic E-state index is 0.608. The zero-order chi connectivity index (χ0) is 8.39. The molecule has 4 nitrogen and oxygen atoms in total. The van der Waals surface area contributed by atoms with Crippen molar-refractivity contribution >= 4 is 6.01 Å². The van der Waals surface area contributed by atoms with Crippen LogP contribution in [0.1, 0.15) is 6.42 Å². The number of aromatic nitrogens is 1. The van der Waals surface area contributed by atoms with Crippen molar-refractivity contribution < 1.29 is 4.42 Å². The first-order valence-electron chi connectivity index (χ1n) is 4.24. The average molecular weight is 167 g/mol. The fourth-order valence-corrected chi connectivity index (χ4v) is 1.57. The van der Waals surface area contributed by atoms with Crippen LogP contribution in [-0.4, -0.2) is 24.6 Å². The van der Waals surface area contributed by atoms with Crippen molar-refractivity contribution in [3.63, 3.8) is 0 Å². The molecule has 1 atom stereocenters. The molecule has 1 unspecified atom stereocenters. The number of hydrogen-bond acceptors (Lipinski definition) is 4. The van der Waals surface area contributed by atoms with Crippen LogP contribution in [0.4, 0.5) is 6.01 Å². The van der Waals surface area contributed by atoms with Crippen molar-refractivity contribution in [2.75, 3.05) is 24.5 Å². The zero-order valence-corrected chi connectivity index (χ0v) is 6.94. The van der Waals surface area contributed by atoms with Crippen LogP contribution < -0.4 is 10.6 Å². The van der Waals surface area contributed by atoms with Crippen LogP contribution in [0.5, 0.6) is 0 Å². The summed E-state index contributed by atoms with van der Waals surface area (Å²) < 4.78 is 5.18. The summed E-state index contributed by atoms with van der Waals surface area (Å²) in [4.78, 5) is 6.22. The SMILES string of the molecule is NCC1CCN(c2ncco2)C1. The lowest BCUT2D eigenvalue weighted by Crippen LogP contribution is -2.22. The first-order valence-corrected chi connectivity index (χ1v) is 4.24. The Morgan fingerprint density at radius 3 is 3.25 bits per heavy atom. The van der Waals surface area contributed by atoms with Gasteiger partial charge in [-0.25, -0.2) is 4.98 Å². The summed E-state index contributed by atoms with van der Waals surface area (Å²) >= 11 is 0. The Morgan fingerprint density at radius 2 is 2.67 bits per heavy atom. The normalized spacial score (nSPS) is 23.4. The second-order valence-electron chi connectivity index (χ2n) is 3.15. The van der Waals surface area contributed by atoms with Gasteiger partial charge in [0.25, 0.3) is 6.01 Å². The third-order valence-electron chi connectivity index (χ3n) is 2.31. The minimum absolute atomic E-state index is 0.608. The Kier molecular flexibility index (Phi) is 1.99. The van der Waals surface area contributed by atoms with Crippen molar-refractivity contribution in [2.24, 2.45) is 11.7 Å². The van der Waals surface area contributed by atoms with Gasteiger partial charge in [0.15, 0.2) is 0 Å². The third kappa shape index (κ3) is 1.30. The van der Waals surface area contributed by atoms with Crippen molar-refractivity contribution in [3.8, 4) is 0 Å². The van der Waals surface area contributed by atoms with E-state index in [0.717, 1.165) is 32.1 Å². The molecule has 12 heavy (non-hydrogen) atoms. The molecule has 1 aliphatic rings. The predicted molar refractivity (Wildman–Crippen MR) is 45.9 cm³/mol. The fraction of sp³-hybridized carbons (Fsp3) is 0.625. The first-order chi connectivity index (χ1) is 5.90. The molecule has 0 aliphatic carbocycles. The molecule has 4 heteroatoms. The standard InChI is InChI=1S/C8H13N3O/c9-5-7-1-3-11(6-7)8-10-2-4-12-8/h2,4,7H,1,3,5-6,9H2. The first kappa shape index (κ1) is 7.61. The van der Waals surface area contributed by atoms with Gasteiger partial charge in [0.2, 0.25) is 0 Å². The van der Waals surface area contributed by atoms with Gasteiger partial charge in [0.05, 0.1) is 6.20 Å².